The first kappa shape index (κ1) is 8.80. The highest BCUT2D eigenvalue weighted by Crippen LogP contribution is 2.07. The van der Waals surface area contributed by atoms with Crippen molar-refractivity contribution in [2.24, 2.45) is 0 Å². The third-order valence-corrected chi connectivity index (χ3v) is 1.86. The molecule has 0 aliphatic carbocycles. The molecule has 0 aliphatic rings. The molecule has 1 atom stereocenters. The Bertz CT molecular complexity index is 116. The Balaban J connectivity index is 3.13. The Hall–Kier alpha value is -0.200. The summed E-state index contributed by atoms with van der Waals surface area (Å²) >= 11 is 1.65. The van der Waals surface area contributed by atoms with Gasteiger partial charge in [0.05, 0.1) is 6.61 Å². The molecule has 0 saturated heterocycles. The molecule has 0 amide bonds. The molecule has 0 bridgehead atoms. The Labute approximate surface area is 60.1 Å². The van der Waals surface area contributed by atoms with Gasteiger partial charge in [-0.25, -0.2) is 0 Å². The van der Waals surface area contributed by atoms with E-state index in [-0.39, 0.29) is 6.61 Å². The summed E-state index contributed by atoms with van der Waals surface area (Å²) in [6.07, 6.45) is 0. The van der Waals surface area contributed by atoms with Gasteiger partial charge >= 0.3 is 0 Å². The average molecular weight is 146 g/mol. The molecule has 0 aromatic carbocycles. The van der Waals surface area contributed by atoms with Crippen LogP contribution >= 0.6 is 11.8 Å². The molecule has 3 heteroatoms. The van der Waals surface area contributed by atoms with Gasteiger partial charge < -0.3 is 5.11 Å². The first-order valence-electron chi connectivity index (χ1n) is 2.85. The van der Waals surface area contributed by atoms with Crippen LogP contribution in [0.3, 0.4) is 0 Å². The Morgan fingerprint density at radius 2 is 2.44 bits per heavy atom. The summed E-state index contributed by atoms with van der Waals surface area (Å²) in [6, 6.07) is 2.79. The standard InChI is InChI=1S/C6H12NOS/c1-6(5-8)9-4-3-7-2/h6,8H,4-5H2,1-2H3/q+1. The molecule has 0 radical (unpaired) electrons. The summed E-state index contributed by atoms with van der Waals surface area (Å²) in [7, 11) is 1.70. The number of rotatable bonds is 3. The molecule has 1 N–H and O–H groups in total. The fraction of sp³-hybridized carbons (Fsp3) is 0.833. The van der Waals surface area contributed by atoms with Crippen LogP contribution in [0.1, 0.15) is 6.92 Å². The topological polar surface area (TPSA) is 24.6 Å². The lowest BCUT2D eigenvalue weighted by atomic mass is 10.5. The second-order valence-electron chi connectivity index (χ2n) is 1.69. The van der Waals surface area contributed by atoms with Crippen LogP contribution in [0.2, 0.25) is 0 Å². The van der Waals surface area contributed by atoms with E-state index in [2.05, 4.69) is 10.9 Å². The second-order valence-corrected chi connectivity index (χ2v) is 3.11. The van der Waals surface area contributed by atoms with Crippen LogP contribution in [0, 0.1) is 6.07 Å². The number of aliphatic hydroxyl groups excluding tert-OH is 1. The van der Waals surface area contributed by atoms with Crippen molar-refractivity contribution in [3.63, 3.8) is 0 Å². The van der Waals surface area contributed by atoms with Crippen LogP contribution < -0.4 is 0 Å². The highest BCUT2D eigenvalue weighted by atomic mass is 32.2. The van der Waals surface area contributed by atoms with Gasteiger partial charge in [0.15, 0.2) is 0 Å². The third-order valence-electron chi connectivity index (χ3n) is 0.848. The quantitative estimate of drug-likeness (QED) is 0.644. The number of thioether (sulfide) groups is 1. The van der Waals surface area contributed by atoms with Crippen molar-refractivity contribution >= 4 is 11.8 Å². The minimum atomic E-state index is 0.232. The SMILES string of the molecule is C[N+]#CCSC(C)CO. The average Bonchev–Trinajstić information content (AvgIpc) is 1.89. The molecule has 1 unspecified atom stereocenters. The second kappa shape index (κ2) is 5.93. The molecule has 52 valence electrons. The van der Waals surface area contributed by atoms with Crippen molar-refractivity contribution in [3.8, 4) is 6.07 Å². The van der Waals surface area contributed by atoms with Crippen molar-refractivity contribution in [2.75, 3.05) is 19.4 Å². The minimum absolute atomic E-state index is 0.232. The zero-order valence-electron chi connectivity index (χ0n) is 5.79. The first-order chi connectivity index (χ1) is 4.31. The largest absolute Gasteiger partial charge is 0.395 e. The van der Waals surface area contributed by atoms with Gasteiger partial charge in [0, 0.05) is 5.25 Å². The number of nitrogens with zero attached hydrogens (tertiary/aromatic N) is 1. The van der Waals surface area contributed by atoms with Crippen LogP contribution in [0.15, 0.2) is 0 Å². The third kappa shape index (κ3) is 5.67. The monoisotopic (exact) mass is 146 g/mol. The molecule has 0 spiro atoms. The Morgan fingerprint density at radius 3 is 2.89 bits per heavy atom. The maximum Gasteiger partial charge on any atom is 0.283 e. The normalized spacial score (nSPS) is 11.9. The fourth-order valence-corrected chi connectivity index (χ4v) is 0.890. The van der Waals surface area contributed by atoms with Gasteiger partial charge in [-0.05, 0) is 0 Å². The van der Waals surface area contributed by atoms with E-state index in [1.165, 1.54) is 0 Å². The van der Waals surface area contributed by atoms with E-state index in [1.54, 1.807) is 18.8 Å². The molecule has 0 aromatic heterocycles. The number of aliphatic hydroxyl groups is 1. The zero-order chi connectivity index (χ0) is 7.11. The zero-order valence-corrected chi connectivity index (χ0v) is 6.61. The summed E-state index contributed by atoms with van der Waals surface area (Å²) < 4.78 is 0. The van der Waals surface area contributed by atoms with Crippen molar-refractivity contribution < 1.29 is 5.11 Å². The molecule has 0 rings (SSSR count). The summed E-state index contributed by atoms with van der Waals surface area (Å²) in [4.78, 5) is 3.69. The van der Waals surface area contributed by atoms with Gasteiger partial charge in [-0.15, -0.1) is 11.8 Å². The molecular weight excluding hydrogens is 134 g/mol. The molecule has 0 saturated carbocycles. The molecule has 0 heterocycles. The summed E-state index contributed by atoms with van der Waals surface area (Å²) in [5.41, 5.74) is 0. The summed E-state index contributed by atoms with van der Waals surface area (Å²) in [5, 5.41) is 8.86. The summed E-state index contributed by atoms with van der Waals surface area (Å²) in [5.74, 6) is 0.776. The van der Waals surface area contributed by atoms with Gasteiger partial charge in [-0.3, -0.25) is 0 Å². The molecule has 0 aliphatic heterocycles. The number of hydrogen-bond donors (Lipinski definition) is 1. The first-order valence-corrected chi connectivity index (χ1v) is 3.90. The maximum atomic E-state index is 8.55. The molecule has 2 nitrogen and oxygen atoms in total. The van der Waals surface area contributed by atoms with Gasteiger partial charge in [-0.1, -0.05) is 11.8 Å². The van der Waals surface area contributed by atoms with E-state index in [4.69, 9.17) is 5.11 Å². The van der Waals surface area contributed by atoms with E-state index < -0.39 is 0 Å². The van der Waals surface area contributed by atoms with Gasteiger partial charge in [0.25, 0.3) is 13.1 Å². The van der Waals surface area contributed by atoms with E-state index >= 15 is 0 Å². The molecule has 9 heavy (non-hydrogen) atoms. The van der Waals surface area contributed by atoms with E-state index in [0.29, 0.717) is 5.25 Å². The van der Waals surface area contributed by atoms with Crippen molar-refractivity contribution in [2.45, 2.75) is 12.2 Å². The smallest absolute Gasteiger partial charge is 0.283 e. The van der Waals surface area contributed by atoms with Gasteiger partial charge in [0.1, 0.15) is 5.75 Å². The molecular formula is C6H12NOS+. The van der Waals surface area contributed by atoms with Crippen LogP contribution in [-0.4, -0.2) is 29.8 Å². The Morgan fingerprint density at radius 1 is 1.78 bits per heavy atom. The van der Waals surface area contributed by atoms with Crippen LogP contribution in [0.4, 0.5) is 0 Å². The van der Waals surface area contributed by atoms with Crippen LogP contribution in [-0.2, 0) is 0 Å². The van der Waals surface area contributed by atoms with Crippen LogP contribution in [0.5, 0.6) is 0 Å². The fourth-order valence-electron chi connectivity index (χ4n) is 0.297. The highest BCUT2D eigenvalue weighted by Gasteiger charge is 1.98. The minimum Gasteiger partial charge on any atom is -0.395 e. The van der Waals surface area contributed by atoms with Gasteiger partial charge in [0.2, 0.25) is 0 Å². The van der Waals surface area contributed by atoms with E-state index in [9.17, 15) is 0 Å². The lowest BCUT2D eigenvalue weighted by molar-refractivity contribution is 0.300. The summed E-state index contributed by atoms with van der Waals surface area (Å²) in [6.45, 7) is 2.21. The van der Waals surface area contributed by atoms with Crippen molar-refractivity contribution in [1.82, 2.24) is 0 Å². The lowest BCUT2D eigenvalue weighted by Crippen LogP contribution is -2.01. The predicted molar refractivity (Wildman–Crippen MR) is 42.2 cm³/mol. The van der Waals surface area contributed by atoms with Crippen LogP contribution in [0.25, 0.3) is 4.85 Å². The number of hydrogen-bond acceptors (Lipinski definition) is 2. The van der Waals surface area contributed by atoms with Crippen molar-refractivity contribution in [1.29, 1.82) is 0 Å². The lowest BCUT2D eigenvalue weighted by Gasteiger charge is -1.99. The molecule has 0 aromatic rings. The van der Waals surface area contributed by atoms with E-state index in [0.717, 1.165) is 5.75 Å². The predicted octanol–water partition coefficient (Wildman–Crippen LogP) is 1.06. The van der Waals surface area contributed by atoms with Gasteiger partial charge in [-0.2, -0.15) is 0 Å². The van der Waals surface area contributed by atoms with Crippen molar-refractivity contribution in [3.05, 3.63) is 4.85 Å². The maximum absolute atomic E-state index is 8.55. The molecule has 0 fully saturated rings. The highest BCUT2D eigenvalue weighted by molar-refractivity contribution is 8.00. The van der Waals surface area contributed by atoms with E-state index in [1.807, 2.05) is 6.92 Å². The Kier molecular flexibility index (Phi) is 5.80.